The van der Waals surface area contributed by atoms with E-state index in [1.54, 1.807) is 23.1 Å². The van der Waals surface area contributed by atoms with E-state index in [9.17, 15) is 0 Å². The minimum absolute atomic E-state index is 0.364. The normalized spacial score (nSPS) is 11.0. The molecule has 0 fully saturated rings. The largest absolute Gasteiger partial charge is 0.326 e. The van der Waals surface area contributed by atoms with Crippen LogP contribution < -0.4 is 5.73 Å². The first-order valence-electron chi connectivity index (χ1n) is 10.6. The van der Waals surface area contributed by atoms with Crippen LogP contribution in [0.3, 0.4) is 0 Å². The molecule has 33 heavy (non-hydrogen) atoms. The Balaban J connectivity index is 1.70. The van der Waals surface area contributed by atoms with E-state index in [1.165, 1.54) is 0 Å². The Morgan fingerprint density at radius 3 is 2.61 bits per heavy atom. The summed E-state index contributed by atoms with van der Waals surface area (Å²) in [7, 11) is 0. The molecule has 0 bridgehead atoms. The van der Waals surface area contributed by atoms with Crippen molar-refractivity contribution in [1.82, 2.24) is 14.8 Å². The summed E-state index contributed by atoms with van der Waals surface area (Å²) >= 11 is 0. The third-order valence-electron chi connectivity index (χ3n) is 5.82. The molecule has 5 aromatic rings. The van der Waals surface area contributed by atoms with Gasteiger partial charge in [-0.3, -0.25) is 4.98 Å². The van der Waals surface area contributed by atoms with Gasteiger partial charge in [0, 0.05) is 46.6 Å². The molecule has 160 valence electrons. The van der Waals surface area contributed by atoms with Crippen LogP contribution in [-0.4, -0.2) is 14.8 Å². The Kier molecular flexibility index (Phi) is 5.21. The second-order valence-electron chi connectivity index (χ2n) is 7.84. The predicted molar refractivity (Wildman–Crippen MR) is 130 cm³/mol. The summed E-state index contributed by atoms with van der Waals surface area (Å²) in [5.41, 5.74) is 12.3. The molecule has 2 N–H and O–H groups in total. The van der Waals surface area contributed by atoms with Crippen LogP contribution in [0.2, 0.25) is 0 Å². The zero-order valence-corrected chi connectivity index (χ0v) is 18.1. The number of rotatable bonds is 4. The van der Waals surface area contributed by atoms with Crippen molar-refractivity contribution in [3.63, 3.8) is 0 Å². The topological polar surface area (TPSA) is 56.7 Å². The standard InChI is InChI=1S/C28H21FN4/c1-3-20-15-21(22-7-5-13-31-17-22)9-10-25(20)26-12-11-24-18(2)32-33(28(24)27(26)29)23-8-4-6-19(14-23)16-30/h1,4-15,17H,16,30H2,2H3. The summed E-state index contributed by atoms with van der Waals surface area (Å²) < 4.78 is 17.7. The Bertz CT molecular complexity index is 1530. The van der Waals surface area contributed by atoms with Crippen molar-refractivity contribution in [2.24, 2.45) is 5.73 Å². The van der Waals surface area contributed by atoms with E-state index in [-0.39, 0.29) is 5.82 Å². The number of aryl methyl sites for hydroxylation is 1. The summed E-state index contributed by atoms with van der Waals surface area (Å²) in [5, 5.41) is 5.37. The lowest BCUT2D eigenvalue weighted by Crippen LogP contribution is -2.02. The lowest BCUT2D eigenvalue weighted by atomic mass is 9.94. The van der Waals surface area contributed by atoms with Crippen molar-refractivity contribution >= 4 is 10.9 Å². The number of hydrogen-bond donors (Lipinski definition) is 1. The average molecular weight is 433 g/mol. The van der Waals surface area contributed by atoms with Gasteiger partial charge in [0.05, 0.1) is 11.4 Å². The van der Waals surface area contributed by atoms with Crippen molar-refractivity contribution in [1.29, 1.82) is 0 Å². The second-order valence-corrected chi connectivity index (χ2v) is 7.84. The van der Waals surface area contributed by atoms with Gasteiger partial charge in [-0.05, 0) is 42.3 Å². The van der Waals surface area contributed by atoms with Crippen LogP contribution in [0.25, 0.3) is 38.8 Å². The van der Waals surface area contributed by atoms with E-state index in [0.29, 0.717) is 28.8 Å². The first-order chi connectivity index (χ1) is 16.1. The van der Waals surface area contributed by atoms with Gasteiger partial charge in [0.25, 0.3) is 0 Å². The van der Waals surface area contributed by atoms with E-state index in [1.807, 2.05) is 67.6 Å². The number of fused-ring (bicyclic) bond motifs is 1. The minimum Gasteiger partial charge on any atom is -0.326 e. The van der Waals surface area contributed by atoms with Gasteiger partial charge >= 0.3 is 0 Å². The SMILES string of the molecule is C#Cc1cc(-c2cccnc2)ccc1-c1ccc2c(C)nn(-c3cccc(CN)c3)c2c1F. The fourth-order valence-electron chi connectivity index (χ4n) is 4.14. The summed E-state index contributed by atoms with van der Waals surface area (Å²) in [6.07, 6.45) is 9.33. The van der Waals surface area contributed by atoms with E-state index >= 15 is 4.39 Å². The molecule has 0 aliphatic rings. The van der Waals surface area contributed by atoms with Crippen LogP contribution in [-0.2, 0) is 6.54 Å². The molecular formula is C28H21FN4. The van der Waals surface area contributed by atoms with Crippen LogP contribution in [0.5, 0.6) is 0 Å². The number of hydrogen-bond acceptors (Lipinski definition) is 3. The summed E-state index contributed by atoms with van der Waals surface area (Å²) in [6, 6.07) is 20.9. The maximum absolute atomic E-state index is 16.1. The third kappa shape index (κ3) is 3.57. The highest BCUT2D eigenvalue weighted by Gasteiger charge is 2.19. The van der Waals surface area contributed by atoms with Crippen molar-refractivity contribution in [3.8, 4) is 40.3 Å². The van der Waals surface area contributed by atoms with Gasteiger partial charge in [0.15, 0.2) is 5.82 Å². The Labute approximate surface area is 191 Å². The molecule has 0 amide bonds. The molecule has 0 aliphatic heterocycles. The Hall–Kier alpha value is -4.27. The van der Waals surface area contributed by atoms with Crippen molar-refractivity contribution in [2.75, 3.05) is 0 Å². The van der Waals surface area contributed by atoms with E-state index in [2.05, 4.69) is 16.0 Å². The fraction of sp³-hybridized carbons (Fsp3) is 0.0714. The maximum atomic E-state index is 16.1. The number of nitrogens with zero attached hydrogens (tertiary/aromatic N) is 3. The summed E-state index contributed by atoms with van der Waals surface area (Å²) in [4.78, 5) is 4.17. The van der Waals surface area contributed by atoms with Crippen LogP contribution in [0, 0.1) is 25.1 Å². The molecule has 0 spiro atoms. The molecule has 3 aromatic carbocycles. The summed E-state index contributed by atoms with van der Waals surface area (Å²) in [6.45, 7) is 2.27. The zero-order valence-electron chi connectivity index (χ0n) is 18.1. The lowest BCUT2D eigenvalue weighted by molar-refractivity contribution is 0.635. The van der Waals surface area contributed by atoms with Gasteiger partial charge in [-0.15, -0.1) is 6.42 Å². The highest BCUT2D eigenvalue weighted by Crippen LogP contribution is 2.35. The maximum Gasteiger partial charge on any atom is 0.157 e. The number of benzene rings is 3. The number of pyridine rings is 1. The van der Waals surface area contributed by atoms with E-state index < -0.39 is 0 Å². The van der Waals surface area contributed by atoms with Crippen LogP contribution in [0.1, 0.15) is 16.8 Å². The predicted octanol–water partition coefficient (Wildman–Crippen LogP) is 5.64. The fourth-order valence-corrected chi connectivity index (χ4v) is 4.14. The van der Waals surface area contributed by atoms with Crippen molar-refractivity contribution < 1.29 is 4.39 Å². The number of nitrogens with two attached hydrogens (primary N) is 1. The third-order valence-corrected chi connectivity index (χ3v) is 5.82. The summed E-state index contributed by atoms with van der Waals surface area (Å²) in [5.74, 6) is 2.36. The average Bonchev–Trinajstić information content (AvgIpc) is 3.22. The molecule has 0 aliphatic carbocycles. The molecule has 0 atom stereocenters. The molecule has 0 saturated carbocycles. The monoisotopic (exact) mass is 432 g/mol. The number of aromatic nitrogens is 3. The highest BCUT2D eigenvalue weighted by atomic mass is 19.1. The van der Waals surface area contributed by atoms with E-state index in [4.69, 9.17) is 12.2 Å². The Morgan fingerprint density at radius 1 is 1.00 bits per heavy atom. The van der Waals surface area contributed by atoms with Gasteiger partial charge in [0.2, 0.25) is 0 Å². The van der Waals surface area contributed by atoms with Gasteiger partial charge in [-0.2, -0.15) is 5.10 Å². The zero-order chi connectivity index (χ0) is 22.9. The molecule has 5 rings (SSSR count). The second kappa shape index (κ2) is 8.34. The van der Waals surface area contributed by atoms with E-state index in [0.717, 1.165) is 33.5 Å². The van der Waals surface area contributed by atoms with Crippen molar-refractivity contribution in [2.45, 2.75) is 13.5 Å². The first-order valence-corrected chi connectivity index (χ1v) is 10.6. The molecule has 0 saturated heterocycles. The smallest absolute Gasteiger partial charge is 0.157 e. The number of terminal acetylenes is 1. The van der Waals surface area contributed by atoms with Crippen LogP contribution >= 0.6 is 0 Å². The van der Waals surface area contributed by atoms with Gasteiger partial charge in [0.1, 0.15) is 5.52 Å². The molecule has 4 nitrogen and oxygen atoms in total. The molecule has 5 heteroatoms. The van der Waals surface area contributed by atoms with Gasteiger partial charge in [-0.25, -0.2) is 9.07 Å². The van der Waals surface area contributed by atoms with Gasteiger partial charge in [-0.1, -0.05) is 48.4 Å². The lowest BCUT2D eigenvalue weighted by Gasteiger charge is -2.12. The molecule has 0 unspecified atom stereocenters. The minimum atomic E-state index is -0.364. The molecule has 2 aromatic heterocycles. The van der Waals surface area contributed by atoms with Crippen LogP contribution in [0.15, 0.2) is 79.1 Å². The van der Waals surface area contributed by atoms with Crippen molar-refractivity contribution in [3.05, 3.63) is 102 Å². The molecule has 0 radical (unpaired) electrons. The quantitative estimate of drug-likeness (QED) is 0.374. The Morgan fingerprint density at radius 2 is 1.85 bits per heavy atom. The van der Waals surface area contributed by atoms with Gasteiger partial charge < -0.3 is 5.73 Å². The highest BCUT2D eigenvalue weighted by molar-refractivity contribution is 5.90. The molecular weight excluding hydrogens is 411 g/mol. The van der Waals surface area contributed by atoms with Crippen LogP contribution in [0.4, 0.5) is 4.39 Å². The first kappa shape index (κ1) is 20.6. The molecule has 2 heterocycles. The number of halogens is 1.